The molecular weight excluding hydrogens is 254 g/mol. The molecule has 108 valence electrons. The SMILES string of the molecule is CCCC(CC)Nc1nc(NC)nc(-n2cccn2)n1. The van der Waals surface area contributed by atoms with Crippen molar-refractivity contribution in [3.05, 3.63) is 18.5 Å². The van der Waals surface area contributed by atoms with Crippen molar-refractivity contribution >= 4 is 11.9 Å². The van der Waals surface area contributed by atoms with Crippen molar-refractivity contribution in [3.63, 3.8) is 0 Å². The highest BCUT2D eigenvalue weighted by atomic mass is 15.4. The molecule has 2 rings (SSSR count). The summed E-state index contributed by atoms with van der Waals surface area (Å²) in [4.78, 5) is 13.1. The van der Waals surface area contributed by atoms with Crippen molar-refractivity contribution in [1.29, 1.82) is 0 Å². The van der Waals surface area contributed by atoms with Gasteiger partial charge in [0.2, 0.25) is 11.9 Å². The lowest BCUT2D eigenvalue weighted by Gasteiger charge is -2.16. The van der Waals surface area contributed by atoms with Gasteiger partial charge < -0.3 is 10.6 Å². The van der Waals surface area contributed by atoms with E-state index in [4.69, 9.17) is 0 Å². The topological polar surface area (TPSA) is 80.5 Å². The minimum atomic E-state index is 0.373. The van der Waals surface area contributed by atoms with Crippen molar-refractivity contribution in [3.8, 4) is 5.95 Å². The molecular formula is C13H21N7. The molecule has 0 fully saturated rings. The third kappa shape index (κ3) is 3.43. The Morgan fingerprint density at radius 3 is 2.60 bits per heavy atom. The maximum absolute atomic E-state index is 4.42. The lowest BCUT2D eigenvalue weighted by Crippen LogP contribution is -2.21. The van der Waals surface area contributed by atoms with Gasteiger partial charge in [0.05, 0.1) is 0 Å². The fourth-order valence-electron chi connectivity index (χ4n) is 1.94. The summed E-state index contributed by atoms with van der Waals surface area (Å²) in [6.45, 7) is 4.33. The summed E-state index contributed by atoms with van der Waals surface area (Å²) in [6.07, 6.45) is 6.75. The van der Waals surface area contributed by atoms with Gasteiger partial charge in [0.25, 0.3) is 5.95 Å². The van der Waals surface area contributed by atoms with Crippen molar-refractivity contribution in [1.82, 2.24) is 24.7 Å². The van der Waals surface area contributed by atoms with Crippen LogP contribution in [-0.4, -0.2) is 37.8 Å². The van der Waals surface area contributed by atoms with Gasteiger partial charge in [-0.3, -0.25) is 0 Å². The fourth-order valence-corrected chi connectivity index (χ4v) is 1.94. The third-order valence-corrected chi connectivity index (χ3v) is 3.02. The van der Waals surface area contributed by atoms with E-state index in [9.17, 15) is 0 Å². The Bertz CT molecular complexity index is 524. The summed E-state index contributed by atoms with van der Waals surface area (Å²) in [5.74, 6) is 1.61. The quantitative estimate of drug-likeness (QED) is 0.805. The van der Waals surface area contributed by atoms with Gasteiger partial charge in [0.1, 0.15) is 0 Å². The number of hydrogen-bond acceptors (Lipinski definition) is 6. The van der Waals surface area contributed by atoms with Gasteiger partial charge >= 0.3 is 0 Å². The summed E-state index contributed by atoms with van der Waals surface area (Å²) in [5.41, 5.74) is 0. The first-order valence-corrected chi connectivity index (χ1v) is 6.97. The molecule has 0 aliphatic carbocycles. The van der Waals surface area contributed by atoms with E-state index in [1.54, 1.807) is 17.9 Å². The van der Waals surface area contributed by atoms with Gasteiger partial charge in [0.15, 0.2) is 0 Å². The number of anilines is 2. The molecule has 0 saturated heterocycles. The van der Waals surface area contributed by atoms with Gasteiger partial charge in [-0.25, -0.2) is 4.68 Å². The van der Waals surface area contributed by atoms with Crippen molar-refractivity contribution in [2.75, 3.05) is 17.7 Å². The smallest absolute Gasteiger partial charge is 0.257 e. The zero-order valence-corrected chi connectivity index (χ0v) is 12.2. The molecule has 0 aromatic carbocycles. The number of hydrogen-bond donors (Lipinski definition) is 2. The van der Waals surface area contributed by atoms with E-state index in [2.05, 4.69) is 44.5 Å². The first-order chi connectivity index (χ1) is 9.76. The molecule has 0 amide bonds. The van der Waals surface area contributed by atoms with Crippen LogP contribution in [0.1, 0.15) is 33.1 Å². The molecule has 0 aliphatic heterocycles. The lowest BCUT2D eigenvalue weighted by atomic mass is 10.1. The van der Waals surface area contributed by atoms with Crippen molar-refractivity contribution in [2.45, 2.75) is 39.2 Å². The van der Waals surface area contributed by atoms with Crippen LogP contribution < -0.4 is 10.6 Å². The summed E-state index contributed by atoms with van der Waals surface area (Å²) in [5, 5.41) is 10.5. The molecule has 2 N–H and O–H groups in total. The minimum absolute atomic E-state index is 0.373. The highest BCUT2D eigenvalue weighted by Crippen LogP contribution is 2.12. The van der Waals surface area contributed by atoms with E-state index >= 15 is 0 Å². The highest BCUT2D eigenvalue weighted by molar-refractivity contribution is 5.37. The molecule has 0 bridgehead atoms. The molecule has 20 heavy (non-hydrogen) atoms. The van der Waals surface area contributed by atoms with E-state index in [1.165, 1.54) is 0 Å². The van der Waals surface area contributed by atoms with E-state index in [0.717, 1.165) is 19.3 Å². The normalized spacial score (nSPS) is 12.2. The maximum Gasteiger partial charge on any atom is 0.257 e. The Kier molecular flexibility index (Phi) is 4.86. The van der Waals surface area contributed by atoms with Crippen LogP contribution in [-0.2, 0) is 0 Å². The van der Waals surface area contributed by atoms with Gasteiger partial charge in [-0.1, -0.05) is 20.3 Å². The first-order valence-electron chi connectivity index (χ1n) is 6.97. The first kappa shape index (κ1) is 14.2. The molecule has 0 spiro atoms. The molecule has 7 heteroatoms. The van der Waals surface area contributed by atoms with E-state index in [1.807, 2.05) is 12.3 Å². The third-order valence-electron chi connectivity index (χ3n) is 3.02. The van der Waals surface area contributed by atoms with Gasteiger partial charge in [-0.05, 0) is 18.9 Å². The zero-order chi connectivity index (χ0) is 14.4. The molecule has 1 unspecified atom stereocenters. The summed E-state index contributed by atoms with van der Waals surface area (Å²) < 4.78 is 1.62. The Morgan fingerprint density at radius 2 is 2.00 bits per heavy atom. The molecule has 0 radical (unpaired) electrons. The van der Waals surface area contributed by atoms with Crippen molar-refractivity contribution in [2.24, 2.45) is 0 Å². The lowest BCUT2D eigenvalue weighted by molar-refractivity contribution is 0.616. The Morgan fingerprint density at radius 1 is 1.20 bits per heavy atom. The average molecular weight is 275 g/mol. The summed E-state index contributed by atoms with van der Waals surface area (Å²) in [7, 11) is 1.79. The second-order valence-corrected chi connectivity index (χ2v) is 4.52. The Labute approximate surface area is 118 Å². The molecule has 7 nitrogen and oxygen atoms in total. The van der Waals surface area contributed by atoms with Gasteiger partial charge in [-0.15, -0.1) is 0 Å². The van der Waals surface area contributed by atoms with E-state index in [0.29, 0.717) is 23.9 Å². The Balaban J connectivity index is 2.26. The largest absolute Gasteiger partial charge is 0.357 e. The van der Waals surface area contributed by atoms with Crippen LogP contribution in [0.15, 0.2) is 18.5 Å². The molecule has 0 saturated carbocycles. The number of nitrogens with one attached hydrogen (secondary N) is 2. The number of rotatable bonds is 7. The molecule has 0 aliphatic rings. The van der Waals surface area contributed by atoms with Crippen LogP contribution in [0, 0.1) is 0 Å². The average Bonchev–Trinajstić information content (AvgIpc) is 3.00. The van der Waals surface area contributed by atoms with E-state index in [-0.39, 0.29) is 0 Å². The second kappa shape index (κ2) is 6.83. The molecule has 2 aromatic rings. The van der Waals surface area contributed by atoms with Crippen molar-refractivity contribution < 1.29 is 0 Å². The Hall–Kier alpha value is -2.18. The number of nitrogens with zero attached hydrogens (tertiary/aromatic N) is 5. The monoisotopic (exact) mass is 275 g/mol. The van der Waals surface area contributed by atoms with Crippen LogP contribution in [0.4, 0.5) is 11.9 Å². The molecule has 2 heterocycles. The van der Waals surface area contributed by atoms with Crippen LogP contribution >= 0.6 is 0 Å². The zero-order valence-electron chi connectivity index (χ0n) is 12.2. The predicted octanol–water partition coefficient (Wildman–Crippen LogP) is 2.09. The summed E-state index contributed by atoms with van der Waals surface area (Å²) >= 11 is 0. The van der Waals surface area contributed by atoms with E-state index < -0.39 is 0 Å². The van der Waals surface area contributed by atoms with Crippen LogP contribution in [0.25, 0.3) is 5.95 Å². The minimum Gasteiger partial charge on any atom is -0.357 e. The van der Waals surface area contributed by atoms with Crippen LogP contribution in [0.3, 0.4) is 0 Å². The maximum atomic E-state index is 4.42. The van der Waals surface area contributed by atoms with Gasteiger partial charge in [-0.2, -0.15) is 20.1 Å². The highest BCUT2D eigenvalue weighted by Gasteiger charge is 2.11. The molecule has 2 aromatic heterocycles. The summed E-state index contributed by atoms with van der Waals surface area (Å²) in [6, 6.07) is 2.21. The fraction of sp³-hybridized carbons (Fsp3) is 0.538. The standard InChI is InChI=1S/C13H21N7/c1-4-7-10(5-2)16-12-17-11(14-3)18-13(19-12)20-9-6-8-15-20/h6,8-10H,4-5,7H2,1-3H3,(H2,14,16,17,18,19). The second-order valence-electron chi connectivity index (χ2n) is 4.52. The van der Waals surface area contributed by atoms with Crippen LogP contribution in [0.5, 0.6) is 0 Å². The van der Waals surface area contributed by atoms with Gasteiger partial charge in [0, 0.05) is 25.5 Å². The molecule has 1 atom stereocenters. The number of aromatic nitrogens is 5. The van der Waals surface area contributed by atoms with Crippen LogP contribution in [0.2, 0.25) is 0 Å². The predicted molar refractivity (Wildman–Crippen MR) is 79.1 cm³/mol.